The van der Waals surface area contributed by atoms with Crippen LogP contribution < -0.4 is 9.62 Å². The Kier molecular flexibility index (Phi) is 10.9. The number of anilines is 1. The number of rotatable bonds is 12. The van der Waals surface area contributed by atoms with Crippen LogP contribution in [0.15, 0.2) is 42.5 Å². The normalized spacial score (nSPS) is 12.2. The number of sulfonamides is 1. The average Bonchev–Trinajstić information content (AvgIpc) is 2.80. The SMILES string of the molecule is CCCCNC(=O)C(CC)N(Cc1ccccc1Cl)C(=O)CN(c1cccc(Cl)c1C)S(C)(=O)=O. The highest BCUT2D eigenvalue weighted by Gasteiger charge is 2.32. The molecule has 0 saturated carbocycles. The molecule has 35 heavy (non-hydrogen) atoms. The maximum atomic E-state index is 13.7. The van der Waals surface area contributed by atoms with Crippen molar-refractivity contribution in [1.82, 2.24) is 10.2 Å². The fourth-order valence-electron chi connectivity index (χ4n) is 3.70. The van der Waals surface area contributed by atoms with Crippen molar-refractivity contribution in [3.8, 4) is 0 Å². The highest BCUT2D eigenvalue weighted by Crippen LogP contribution is 2.29. The first-order valence-corrected chi connectivity index (χ1v) is 14.1. The molecular weight excluding hydrogens is 509 g/mol. The van der Waals surface area contributed by atoms with E-state index in [0.717, 1.165) is 23.4 Å². The van der Waals surface area contributed by atoms with E-state index in [9.17, 15) is 18.0 Å². The van der Waals surface area contributed by atoms with E-state index in [1.54, 1.807) is 49.4 Å². The van der Waals surface area contributed by atoms with Gasteiger partial charge in [-0.1, -0.05) is 67.7 Å². The number of unbranched alkanes of at least 4 members (excludes halogenated alkanes) is 1. The Bertz CT molecular complexity index is 1140. The number of benzene rings is 2. The van der Waals surface area contributed by atoms with Gasteiger partial charge in [-0.25, -0.2) is 8.42 Å². The number of hydrogen-bond donors (Lipinski definition) is 1. The molecule has 0 saturated heterocycles. The summed E-state index contributed by atoms with van der Waals surface area (Å²) >= 11 is 12.6. The summed E-state index contributed by atoms with van der Waals surface area (Å²) in [5.41, 5.74) is 1.51. The van der Waals surface area contributed by atoms with E-state index < -0.39 is 28.5 Å². The number of carbonyl (C=O) groups is 2. The molecule has 1 unspecified atom stereocenters. The summed E-state index contributed by atoms with van der Waals surface area (Å²) in [5, 5.41) is 3.73. The summed E-state index contributed by atoms with van der Waals surface area (Å²) in [6.45, 7) is 5.60. The lowest BCUT2D eigenvalue weighted by Gasteiger charge is -2.33. The molecule has 7 nitrogen and oxygen atoms in total. The third kappa shape index (κ3) is 7.85. The van der Waals surface area contributed by atoms with Crippen molar-refractivity contribution in [2.75, 3.05) is 23.7 Å². The molecule has 0 heterocycles. The van der Waals surface area contributed by atoms with E-state index in [1.807, 2.05) is 13.8 Å². The number of halogens is 2. The lowest BCUT2D eigenvalue weighted by Crippen LogP contribution is -2.52. The zero-order valence-electron chi connectivity index (χ0n) is 20.6. The summed E-state index contributed by atoms with van der Waals surface area (Å²) in [6, 6.07) is 11.1. The molecule has 0 fully saturated rings. The zero-order chi connectivity index (χ0) is 26.2. The van der Waals surface area contributed by atoms with Crippen molar-refractivity contribution in [3.05, 3.63) is 63.6 Å². The third-order valence-corrected chi connectivity index (χ3v) is 7.61. The molecule has 1 atom stereocenters. The highest BCUT2D eigenvalue weighted by atomic mass is 35.5. The predicted octanol–water partition coefficient (Wildman–Crippen LogP) is 4.79. The van der Waals surface area contributed by atoms with Gasteiger partial charge in [-0.3, -0.25) is 13.9 Å². The van der Waals surface area contributed by atoms with Crippen molar-refractivity contribution >= 4 is 50.7 Å². The lowest BCUT2D eigenvalue weighted by atomic mass is 10.1. The van der Waals surface area contributed by atoms with E-state index in [0.29, 0.717) is 39.8 Å². The molecule has 0 radical (unpaired) electrons. The van der Waals surface area contributed by atoms with Gasteiger partial charge in [0.2, 0.25) is 21.8 Å². The van der Waals surface area contributed by atoms with Crippen LogP contribution >= 0.6 is 23.2 Å². The van der Waals surface area contributed by atoms with Crippen molar-refractivity contribution < 1.29 is 18.0 Å². The van der Waals surface area contributed by atoms with E-state index in [4.69, 9.17) is 23.2 Å². The molecule has 0 aliphatic heterocycles. The van der Waals surface area contributed by atoms with E-state index in [1.165, 1.54) is 4.90 Å². The summed E-state index contributed by atoms with van der Waals surface area (Å²) in [5.74, 6) is -0.807. The van der Waals surface area contributed by atoms with Gasteiger partial charge in [-0.2, -0.15) is 0 Å². The van der Waals surface area contributed by atoms with Crippen molar-refractivity contribution in [2.24, 2.45) is 0 Å². The van der Waals surface area contributed by atoms with Crippen LogP contribution in [-0.2, 0) is 26.2 Å². The Morgan fingerprint density at radius 1 is 1.03 bits per heavy atom. The molecule has 2 aromatic carbocycles. The smallest absolute Gasteiger partial charge is 0.244 e. The largest absolute Gasteiger partial charge is 0.354 e. The molecule has 192 valence electrons. The summed E-state index contributed by atoms with van der Waals surface area (Å²) in [6.07, 6.45) is 3.12. The summed E-state index contributed by atoms with van der Waals surface area (Å²) in [4.78, 5) is 28.1. The summed E-state index contributed by atoms with van der Waals surface area (Å²) < 4.78 is 26.5. The lowest BCUT2D eigenvalue weighted by molar-refractivity contribution is -0.140. The van der Waals surface area contributed by atoms with Gasteiger partial charge in [0.05, 0.1) is 11.9 Å². The molecule has 0 bridgehead atoms. The van der Waals surface area contributed by atoms with Crippen LogP contribution in [0.3, 0.4) is 0 Å². The number of carbonyl (C=O) groups excluding carboxylic acids is 2. The highest BCUT2D eigenvalue weighted by molar-refractivity contribution is 7.92. The van der Waals surface area contributed by atoms with Crippen LogP contribution in [0, 0.1) is 6.92 Å². The molecule has 0 spiro atoms. The van der Waals surface area contributed by atoms with Crippen molar-refractivity contribution in [2.45, 2.75) is 52.6 Å². The monoisotopic (exact) mass is 541 g/mol. The molecule has 1 N–H and O–H groups in total. The van der Waals surface area contributed by atoms with Gasteiger partial charge in [0.15, 0.2) is 0 Å². The molecule has 2 rings (SSSR count). The van der Waals surface area contributed by atoms with Gasteiger partial charge in [0, 0.05) is 23.1 Å². The number of hydrogen-bond acceptors (Lipinski definition) is 4. The Balaban J connectivity index is 2.46. The quantitative estimate of drug-likeness (QED) is 0.391. The third-order valence-electron chi connectivity index (χ3n) is 5.70. The van der Waals surface area contributed by atoms with Gasteiger partial charge >= 0.3 is 0 Å². The first kappa shape index (κ1) is 28.9. The Hall–Kier alpha value is -2.29. The Morgan fingerprint density at radius 2 is 1.69 bits per heavy atom. The standard InChI is InChI=1S/C25H33Cl2N3O4S/c1-5-7-15-28-25(32)22(6-2)29(16-19-11-8-9-12-21(19)27)24(31)17-30(35(4,33)34)23-14-10-13-20(26)18(23)3/h8-14,22H,5-7,15-17H2,1-4H3,(H,28,32). The van der Waals surface area contributed by atoms with Crippen LogP contribution in [0.25, 0.3) is 0 Å². The molecule has 2 aromatic rings. The van der Waals surface area contributed by atoms with Crippen LogP contribution in [0.4, 0.5) is 5.69 Å². The van der Waals surface area contributed by atoms with Gasteiger partial charge in [0.1, 0.15) is 12.6 Å². The van der Waals surface area contributed by atoms with Crippen molar-refractivity contribution in [1.29, 1.82) is 0 Å². The molecular formula is C25H33Cl2N3O4S. The maximum absolute atomic E-state index is 13.7. The summed E-state index contributed by atoms with van der Waals surface area (Å²) in [7, 11) is -3.84. The van der Waals surface area contributed by atoms with Gasteiger partial charge < -0.3 is 10.2 Å². The fraction of sp³-hybridized carbons (Fsp3) is 0.440. The van der Waals surface area contributed by atoms with Crippen LogP contribution in [-0.4, -0.2) is 50.5 Å². The molecule has 0 aliphatic rings. The topological polar surface area (TPSA) is 86.8 Å². The minimum atomic E-state index is -3.84. The van der Waals surface area contributed by atoms with Crippen LogP contribution in [0.2, 0.25) is 10.0 Å². The molecule has 0 aliphatic carbocycles. The minimum Gasteiger partial charge on any atom is -0.354 e. The van der Waals surface area contributed by atoms with Crippen molar-refractivity contribution in [3.63, 3.8) is 0 Å². The Labute approximate surface area is 218 Å². The van der Waals surface area contributed by atoms with Crippen LogP contribution in [0.1, 0.15) is 44.2 Å². The first-order valence-electron chi connectivity index (χ1n) is 11.5. The minimum absolute atomic E-state index is 0.0599. The van der Waals surface area contributed by atoms with Gasteiger partial charge in [-0.05, 0) is 49.1 Å². The number of amides is 2. The average molecular weight is 543 g/mol. The van der Waals surface area contributed by atoms with E-state index in [-0.39, 0.29) is 12.5 Å². The van der Waals surface area contributed by atoms with Crippen LogP contribution in [0.5, 0.6) is 0 Å². The second-order valence-corrected chi connectivity index (χ2v) is 11.1. The van der Waals surface area contributed by atoms with E-state index in [2.05, 4.69) is 5.32 Å². The molecule has 2 amide bonds. The second-order valence-electron chi connectivity index (χ2n) is 8.34. The van der Waals surface area contributed by atoms with E-state index >= 15 is 0 Å². The van der Waals surface area contributed by atoms with Gasteiger partial charge in [-0.15, -0.1) is 0 Å². The van der Waals surface area contributed by atoms with Gasteiger partial charge in [0.25, 0.3) is 0 Å². The maximum Gasteiger partial charge on any atom is 0.244 e. The first-order chi connectivity index (χ1) is 16.5. The number of nitrogens with zero attached hydrogens (tertiary/aromatic N) is 2. The molecule has 0 aromatic heterocycles. The predicted molar refractivity (Wildman–Crippen MR) is 142 cm³/mol. The fourth-order valence-corrected chi connectivity index (χ4v) is 4.96. The zero-order valence-corrected chi connectivity index (χ0v) is 22.9. The second kappa shape index (κ2) is 13.1. The Morgan fingerprint density at radius 3 is 2.29 bits per heavy atom. The number of nitrogens with one attached hydrogen (secondary N) is 1. The molecule has 10 heteroatoms.